The number of unbranched alkanes of at least 4 members (excludes halogenated alkanes) is 1. The molecule has 1 N–H and O–H groups in total. The summed E-state index contributed by atoms with van der Waals surface area (Å²) in [7, 11) is 0.271. The van der Waals surface area contributed by atoms with Gasteiger partial charge in [0.15, 0.2) is 0 Å². The Labute approximate surface area is 116 Å². The number of hydrogen-bond acceptors (Lipinski definition) is 3. The highest BCUT2D eigenvalue weighted by atomic mass is 32.2. The second kappa shape index (κ2) is 8.82. The van der Waals surface area contributed by atoms with Crippen LogP contribution in [-0.4, -0.2) is 40.0 Å². The Morgan fingerprint density at radius 3 is 2.58 bits per heavy atom. The molecule has 1 aromatic rings. The Morgan fingerprint density at radius 2 is 2.00 bits per heavy atom. The molecule has 0 aliphatic carbocycles. The van der Waals surface area contributed by atoms with Crippen LogP contribution in [0, 0.1) is 0 Å². The van der Waals surface area contributed by atoms with Gasteiger partial charge in [-0.2, -0.15) is 0 Å². The van der Waals surface area contributed by atoms with E-state index >= 15 is 0 Å². The molecule has 0 amide bonds. The third-order valence-corrected chi connectivity index (χ3v) is 4.49. The fourth-order valence-corrected chi connectivity index (χ4v) is 3.13. The van der Waals surface area contributed by atoms with E-state index in [1.807, 2.05) is 30.3 Å². The van der Waals surface area contributed by atoms with Gasteiger partial charge in [0.05, 0.1) is 0 Å². The minimum absolute atomic E-state index is 0.313. The van der Waals surface area contributed by atoms with Crippen LogP contribution >= 0.6 is 0 Å². The lowest BCUT2D eigenvalue weighted by Crippen LogP contribution is -2.29. The molecule has 0 saturated carbocycles. The number of carboxylic acids is 1. The maximum atomic E-state index is 12.0. The van der Waals surface area contributed by atoms with E-state index in [1.54, 1.807) is 7.11 Å². The molecule has 1 aromatic carbocycles. The highest BCUT2D eigenvalue weighted by Crippen LogP contribution is 2.10. The Bertz CT molecular complexity index is 405. The van der Waals surface area contributed by atoms with Gasteiger partial charge in [-0.3, -0.25) is 9.00 Å². The van der Waals surface area contributed by atoms with Crippen molar-refractivity contribution >= 4 is 16.8 Å². The van der Waals surface area contributed by atoms with Crippen LogP contribution in [0.4, 0.5) is 0 Å². The summed E-state index contributed by atoms with van der Waals surface area (Å²) in [5.74, 6) is -0.582. The van der Waals surface area contributed by atoms with Crippen molar-refractivity contribution in [3.8, 4) is 0 Å². The largest absolute Gasteiger partial charge is 0.480 e. The maximum absolute atomic E-state index is 12.0. The molecule has 0 saturated heterocycles. The molecule has 19 heavy (non-hydrogen) atoms. The summed E-state index contributed by atoms with van der Waals surface area (Å²) >= 11 is 0. The lowest BCUT2D eigenvalue weighted by atomic mass is 10.1. The van der Waals surface area contributed by atoms with Crippen LogP contribution in [0.3, 0.4) is 0 Å². The summed E-state index contributed by atoms with van der Waals surface area (Å²) < 4.78 is 17.0. The predicted octanol–water partition coefficient (Wildman–Crippen LogP) is 1.86. The van der Waals surface area contributed by atoms with E-state index in [1.165, 1.54) is 0 Å². The number of carboxylic acid groups (broad SMARTS) is 1. The van der Waals surface area contributed by atoms with Gasteiger partial charge in [0.1, 0.15) is 5.25 Å². The van der Waals surface area contributed by atoms with E-state index in [0.29, 0.717) is 18.8 Å². The molecule has 1 rings (SSSR count). The minimum atomic E-state index is -1.35. The number of ether oxygens (including phenoxy) is 1. The van der Waals surface area contributed by atoms with Crippen molar-refractivity contribution in [2.45, 2.75) is 24.5 Å². The van der Waals surface area contributed by atoms with Crippen molar-refractivity contribution < 1.29 is 18.8 Å². The first-order valence-corrected chi connectivity index (χ1v) is 7.66. The first-order chi connectivity index (χ1) is 9.15. The average molecular weight is 284 g/mol. The third kappa shape index (κ3) is 5.98. The van der Waals surface area contributed by atoms with Crippen molar-refractivity contribution in [1.82, 2.24) is 0 Å². The molecular weight excluding hydrogens is 264 g/mol. The van der Waals surface area contributed by atoms with Crippen LogP contribution < -0.4 is 0 Å². The molecule has 0 aliphatic heterocycles. The van der Waals surface area contributed by atoms with Gasteiger partial charge in [0.2, 0.25) is 0 Å². The summed E-state index contributed by atoms with van der Waals surface area (Å²) in [4.78, 5) is 11.2. The number of aliphatic carboxylic acids is 1. The number of hydrogen-bond donors (Lipinski definition) is 1. The van der Waals surface area contributed by atoms with Crippen molar-refractivity contribution in [1.29, 1.82) is 0 Å². The Kier molecular flexibility index (Phi) is 7.36. The first kappa shape index (κ1) is 15.9. The quantitative estimate of drug-likeness (QED) is 0.703. The third-order valence-electron chi connectivity index (χ3n) is 2.80. The van der Waals surface area contributed by atoms with E-state index < -0.39 is 22.0 Å². The molecule has 5 heteroatoms. The van der Waals surface area contributed by atoms with Crippen LogP contribution in [0.1, 0.15) is 18.4 Å². The lowest BCUT2D eigenvalue weighted by molar-refractivity contribution is -0.136. The maximum Gasteiger partial charge on any atom is 0.319 e. The summed E-state index contributed by atoms with van der Waals surface area (Å²) in [5, 5.41) is 8.36. The summed E-state index contributed by atoms with van der Waals surface area (Å²) in [6.07, 6.45) is 1.84. The second-order valence-electron chi connectivity index (χ2n) is 4.30. The number of benzene rings is 1. The molecular formula is C14H20O4S. The number of rotatable bonds is 9. The molecule has 2 unspecified atom stereocenters. The minimum Gasteiger partial charge on any atom is -0.480 e. The molecule has 0 aromatic heterocycles. The van der Waals surface area contributed by atoms with Gasteiger partial charge < -0.3 is 9.84 Å². The smallest absolute Gasteiger partial charge is 0.319 e. The zero-order valence-electron chi connectivity index (χ0n) is 11.1. The molecule has 0 bridgehead atoms. The molecule has 4 nitrogen and oxygen atoms in total. The van der Waals surface area contributed by atoms with Crippen LogP contribution in [0.15, 0.2) is 30.3 Å². The first-order valence-electron chi connectivity index (χ1n) is 6.28. The topological polar surface area (TPSA) is 63.6 Å². The van der Waals surface area contributed by atoms with E-state index in [9.17, 15) is 14.1 Å². The van der Waals surface area contributed by atoms with Gasteiger partial charge >= 0.3 is 5.97 Å². The Morgan fingerprint density at radius 1 is 1.32 bits per heavy atom. The fourth-order valence-electron chi connectivity index (χ4n) is 1.75. The summed E-state index contributed by atoms with van der Waals surface area (Å²) in [6, 6.07) is 9.31. The summed E-state index contributed by atoms with van der Waals surface area (Å²) in [6.45, 7) is 0.619. The molecule has 0 radical (unpaired) electrons. The Hall–Kier alpha value is -1.20. The van der Waals surface area contributed by atoms with Gasteiger partial charge in [0.25, 0.3) is 0 Å². The van der Waals surface area contributed by atoms with Crippen molar-refractivity contribution in [3.63, 3.8) is 0 Å². The van der Waals surface area contributed by atoms with Crippen molar-refractivity contribution in [2.24, 2.45) is 0 Å². The second-order valence-corrected chi connectivity index (χ2v) is 6.04. The molecule has 0 heterocycles. The highest BCUT2D eigenvalue weighted by molar-refractivity contribution is 7.86. The van der Waals surface area contributed by atoms with Gasteiger partial charge in [-0.05, 0) is 24.8 Å². The Balaban J connectivity index is 2.52. The fraction of sp³-hybridized carbons (Fsp3) is 0.500. The van der Waals surface area contributed by atoms with Gasteiger partial charge in [-0.15, -0.1) is 0 Å². The lowest BCUT2D eigenvalue weighted by Gasteiger charge is -2.12. The highest BCUT2D eigenvalue weighted by Gasteiger charge is 2.24. The van der Waals surface area contributed by atoms with Gasteiger partial charge in [-0.1, -0.05) is 30.3 Å². The van der Waals surface area contributed by atoms with E-state index in [2.05, 4.69) is 0 Å². The predicted molar refractivity (Wildman–Crippen MR) is 75.7 cm³/mol. The van der Waals surface area contributed by atoms with Crippen LogP contribution in [0.2, 0.25) is 0 Å². The van der Waals surface area contributed by atoms with Crippen molar-refractivity contribution in [3.05, 3.63) is 35.9 Å². The summed E-state index contributed by atoms with van der Waals surface area (Å²) in [5.41, 5.74) is 0.903. The molecule has 2 atom stereocenters. The zero-order valence-corrected chi connectivity index (χ0v) is 11.9. The SMILES string of the molecule is COCCCCS(=O)C(Cc1ccccc1)C(=O)O. The van der Waals surface area contributed by atoms with Crippen LogP contribution in [0.25, 0.3) is 0 Å². The number of carbonyl (C=O) groups is 1. The molecule has 0 aliphatic rings. The number of methoxy groups -OCH3 is 1. The van der Waals surface area contributed by atoms with E-state index in [-0.39, 0.29) is 0 Å². The van der Waals surface area contributed by atoms with Gasteiger partial charge in [0, 0.05) is 30.3 Å². The van der Waals surface area contributed by atoms with E-state index in [4.69, 9.17) is 4.74 Å². The standard InChI is InChI=1S/C14H20O4S/c1-18-9-5-6-10-19(17)13(14(15)16)11-12-7-3-2-4-8-12/h2-4,7-8,13H,5-6,9-11H2,1H3,(H,15,16). The molecule has 0 spiro atoms. The van der Waals surface area contributed by atoms with E-state index in [0.717, 1.165) is 18.4 Å². The average Bonchev–Trinajstić information content (AvgIpc) is 2.41. The van der Waals surface area contributed by atoms with Crippen LogP contribution in [0.5, 0.6) is 0 Å². The zero-order chi connectivity index (χ0) is 14.1. The van der Waals surface area contributed by atoms with Gasteiger partial charge in [-0.25, -0.2) is 0 Å². The van der Waals surface area contributed by atoms with Crippen LogP contribution in [-0.2, 0) is 26.8 Å². The monoisotopic (exact) mass is 284 g/mol. The van der Waals surface area contributed by atoms with Crippen molar-refractivity contribution in [2.75, 3.05) is 19.5 Å². The molecule has 0 fully saturated rings. The molecule has 106 valence electrons. The normalized spacial score (nSPS) is 13.9.